The van der Waals surface area contributed by atoms with Gasteiger partial charge in [-0.15, -0.1) is 0 Å². The molecule has 0 aliphatic rings. The van der Waals surface area contributed by atoms with Gasteiger partial charge in [-0.2, -0.15) is 0 Å². The number of ether oxygens (including phenoxy) is 2. The van der Waals surface area contributed by atoms with E-state index in [0.29, 0.717) is 11.7 Å². The molecule has 106 valence electrons. The summed E-state index contributed by atoms with van der Waals surface area (Å²) in [6, 6.07) is 7.60. The highest BCUT2D eigenvalue weighted by Crippen LogP contribution is 2.27. The number of methoxy groups -OCH3 is 2. The fraction of sp³-hybridized carbons (Fsp3) is 0.267. The summed E-state index contributed by atoms with van der Waals surface area (Å²) in [5.74, 6) is 1.59. The number of nitrogens with zero attached hydrogens (tertiary/aromatic N) is 1. The van der Waals surface area contributed by atoms with Crippen LogP contribution in [0, 0.1) is 6.92 Å². The first-order chi connectivity index (χ1) is 9.65. The molecule has 0 aliphatic carbocycles. The topological polar surface area (TPSA) is 43.4 Å². The van der Waals surface area contributed by atoms with Gasteiger partial charge in [0, 0.05) is 18.3 Å². The standard InChI is InChI=1S/C15H17ClN2O2/c1-10-6-7-17-15(16)14(10)18-9-11-8-12(19-2)4-5-13(11)20-3/h4-8,18H,9H2,1-3H3. The van der Waals surface area contributed by atoms with Crippen LogP contribution in [0.15, 0.2) is 30.5 Å². The molecule has 5 heteroatoms. The van der Waals surface area contributed by atoms with Crippen LogP contribution in [0.2, 0.25) is 5.15 Å². The SMILES string of the molecule is COc1ccc(OC)c(CNc2c(C)ccnc2Cl)c1. The minimum atomic E-state index is 0.465. The van der Waals surface area contributed by atoms with Gasteiger partial charge in [-0.3, -0.25) is 0 Å². The van der Waals surface area contributed by atoms with Gasteiger partial charge in [0.15, 0.2) is 5.15 Å². The van der Waals surface area contributed by atoms with E-state index in [1.54, 1.807) is 20.4 Å². The lowest BCUT2D eigenvalue weighted by atomic mass is 10.1. The normalized spacial score (nSPS) is 10.2. The lowest BCUT2D eigenvalue weighted by Crippen LogP contribution is -2.04. The summed E-state index contributed by atoms with van der Waals surface area (Å²) < 4.78 is 10.6. The number of nitrogens with one attached hydrogen (secondary N) is 1. The Labute approximate surface area is 123 Å². The van der Waals surface area contributed by atoms with Crippen molar-refractivity contribution >= 4 is 17.3 Å². The molecule has 0 unspecified atom stereocenters. The third-order valence-electron chi connectivity index (χ3n) is 3.06. The van der Waals surface area contributed by atoms with Gasteiger partial charge < -0.3 is 14.8 Å². The van der Waals surface area contributed by atoms with E-state index in [1.807, 2.05) is 31.2 Å². The molecule has 0 fully saturated rings. The molecule has 0 aliphatic heterocycles. The quantitative estimate of drug-likeness (QED) is 0.854. The van der Waals surface area contributed by atoms with Crippen molar-refractivity contribution in [3.05, 3.63) is 46.7 Å². The van der Waals surface area contributed by atoms with Crippen molar-refractivity contribution in [1.29, 1.82) is 0 Å². The van der Waals surface area contributed by atoms with Crippen LogP contribution in [0.5, 0.6) is 11.5 Å². The maximum absolute atomic E-state index is 6.10. The first-order valence-electron chi connectivity index (χ1n) is 6.21. The first-order valence-corrected chi connectivity index (χ1v) is 6.59. The molecule has 0 saturated carbocycles. The highest BCUT2D eigenvalue weighted by atomic mass is 35.5. The number of anilines is 1. The molecule has 0 saturated heterocycles. The fourth-order valence-corrected chi connectivity index (χ4v) is 2.21. The van der Waals surface area contributed by atoms with Gasteiger partial charge in [0.1, 0.15) is 11.5 Å². The van der Waals surface area contributed by atoms with Crippen molar-refractivity contribution < 1.29 is 9.47 Å². The fourth-order valence-electron chi connectivity index (χ4n) is 1.94. The number of aromatic nitrogens is 1. The Balaban J connectivity index is 2.22. The number of benzene rings is 1. The largest absolute Gasteiger partial charge is 0.497 e. The Kier molecular flexibility index (Phi) is 4.69. The van der Waals surface area contributed by atoms with Crippen LogP contribution in [0.1, 0.15) is 11.1 Å². The van der Waals surface area contributed by atoms with Gasteiger partial charge in [-0.25, -0.2) is 4.98 Å². The summed E-state index contributed by atoms with van der Waals surface area (Å²) in [7, 11) is 3.29. The van der Waals surface area contributed by atoms with Crippen molar-refractivity contribution in [1.82, 2.24) is 4.98 Å². The first kappa shape index (κ1) is 14.5. The summed E-state index contributed by atoms with van der Waals surface area (Å²) in [5, 5.41) is 3.76. The molecule has 2 rings (SSSR count). The minimum absolute atomic E-state index is 0.465. The summed E-state index contributed by atoms with van der Waals surface area (Å²) in [5.41, 5.74) is 2.87. The number of rotatable bonds is 5. The van der Waals surface area contributed by atoms with Gasteiger partial charge in [-0.1, -0.05) is 11.6 Å². The van der Waals surface area contributed by atoms with E-state index in [4.69, 9.17) is 21.1 Å². The summed E-state index contributed by atoms with van der Waals surface area (Å²) in [6.45, 7) is 2.56. The second-order valence-electron chi connectivity index (χ2n) is 4.32. The highest BCUT2D eigenvalue weighted by Gasteiger charge is 2.08. The van der Waals surface area contributed by atoms with E-state index < -0.39 is 0 Å². The van der Waals surface area contributed by atoms with Gasteiger partial charge in [0.05, 0.1) is 19.9 Å². The maximum atomic E-state index is 6.10. The zero-order valence-corrected chi connectivity index (χ0v) is 12.5. The van der Waals surface area contributed by atoms with Crippen LogP contribution >= 0.6 is 11.6 Å². The number of hydrogen-bond acceptors (Lipinski definition) is 4. The Morgan fingerprint density at radius 1 is 1.20 bits per heavy atom. The van der Waals surface area contributed by atoms with Gasteiger partial charge in [0.25, 0.3) is 0 Å². The molecular formula is C15H17ClN2O2. The monoisotopic (exact) mass is 292 g/mol. The number of hydrogen-bond donors (Lipinski definition) is 1. The lowest BCUT2D eigenvalue weighted by molar-refractivity contribution is 0.399. The van der Waals surface area contributed by atoms with Gasteiger partial charge in [-0.05, 0) is 36.8 Å². The van der Waals surface area contributed by atoms with Crippen molar-refractivity contribution in [3.8, 4) is 11.5 Å². The van der Waals surface area contributed by atoms with E-state index in [1.165, 1.54) is 0 Å². The van der Waals surface area contributed by atoms with Crippen LogP contribution in [0.4, 0.5) is 5.69 Å². The van der Waals surface area contributed by atoms with Crippen LogP contribution in [-0.2, 0) is 6.54 Å². The minimum Gasteiger partial charge on any atom is -0.497 e. The molecule has 0 radical (unpaired) electrons. The third kappa shape index (κ3) is 3.14. The Morgan fingerprint density at radius 3 is 2.65 bits per heavy atom. The molecule has 1 aromatic heterocycles. The second-order valence-corrected chi connectivity index (χ2v) is 4.68. The molecule has 1 aromatic carbocycles. The zero-order chi connectivity index (χ0) is 14.5. The van der Waals surface area contributed by atoms with E-state index in [-0.39, 0.29) is 0 Å². The summed E-state index contributed by atoms with van der Waals surface area (Å²) >= 11 is 6.10. The number of pyridine rings is 1. The smallest absolute Gasteiger partial charge is 0.152 e. The van der Waals surface area contributed by atoms with Gasteiger partial charge in [0.2, 0.25) is 0 Å². The van der Waals surface area contributed by atoms with Crippen molar-refractivity contribution in [2.45, 2.75) is 13.5 Å². The Morgan fingerprint density at radius 2 is 2.00 bits per heavy atom. The molecule has 0 spiro atoms. The molecule has 1 heterocycles. The molecule has 20 heavy (non-hydrogen) atoms. The average molecular weight is 293 g/mol. The molecule has 2 aromatic rings. The van der Waals surface area contributed by atoms with Crippen molar-refractivity contribution in [3.63, 3.8) is 0 Å². The summed E-state index contributed by atoms with van der Waals surface area (Å²) in [6.07, 6.45) is 1.69. The lowest BCUT2D eigenvalue weighted by Gasteiger charge is -2.14. The molecular weight excluding hydrogens is 276 g/mol. The van der Waals surface area contributed by atoms with E-state index in [0.717, 1.165) is 28.3 Å². The summed E-state index contributed by atoms with van der Waals surface area (Å²) in [4.78, 5) is 4.08. The number of halogens is 1. The molecule has 0 amide bonds. The Hall–Kier alpha value is -1.94. The van der Waals surface area contributed by atoms with Crippen molar-refractivity contribution in [2.24, 2.45) is 0 Å². The predicted molar refractivity (Wildman–Crippen MR) is 80.9 cm³/mol. The van der Waals surface area contributed by atoms with E-state index in [9.17, 15) is 0 Å². The van der Waals surface area contributed by atoms with Crippen LogP contribution in [-0.4, -0.2) is 19.2 Å². The van der Waals surface area contributed by atoms with Crippen LogP contribution in [0.3, 0.4) is 0 Å². The third-order valence-corrected chi connectivity index (χ3v) is 3.34. The molecule has 4 nitrogen and oxygen atoms in total. The van der Waals surface area contributed by atoms with E-state index in [2.05, 4.69) is 10.3 Å². The van der Waals surface area contributed by atoms with Gasteiger partial charge >= 0.3 is 0 Å². The maximum Gasteiger partial charge on any atom is 0.152 e. The molecule has 0 atom stereocenters. The molecule has 0 bridgehead atoms. The molecule has 1 N–H and O–H groups in total. The van der Waals surface area contributed by atoms with E-state index >= 15 is 0 Å². The predicted octanol–water partition coefficient (Wildman–Crippen LogP) is 3.67. The second kappa shape index (κ2) is 6.48. The Bertz CT molecular complexity index is 582. The average Bonchev–Trinajstić information content (AvgIpc) is 2.46. The number of aryl methyl sites for hydroxylation is 1. The zero-order valence-electron chi connectivity index (χ0n) is 11.7. The highest BCUT2D eigenvalue weighted by molar-refractivity contribution is 6.32. The van der Waals surface area contributed by atoms with Crippen LogP contribution < -0.4 is 14.8 Å². The van der Waals surface area contributed by atoms with Crippen molar-refractivity contribution in [2.75, 3.05) is 19.5 Å². The van der Waals surface area contributed by atoms with Crippen LogP contribution in [0.25, 0.3) is 0 Å².